The lowest BCUT2D eigenvalue weighted by molar-refractivity contribution is -0.385. The second-order valence-corrected chi connectivity index (χ2v) is 10.9. The van der Waals surface area contributed by atoms with Crippen molar-refractivity contribution in [1.82, 2.24) is 0 Å². The Morgan fingerprint density at radius 3 is 2.52 bits per heavy atom. The molecule has 1 amide bonds. The van der Waals surface area contributed by atoms with E-state index >= 15 is 0 Å². The summed E-state index contributed by atoms with van der Waals surface area (Å²) >= 11 is 7.15. The third kappa shape index (κ3) is 4.87. The third-order valence-corrected chi connectivity index (χ3v) is 8.48. The number of thiophene rings is 1. The molecule has 0 bridgehead atoms. The van der Waals surface area contributed by atoms with E-state index in [1.807, 2.05) is 0 Å². The molecule has 1 heterocycles. The number of nitro groups is 1. The molecule has 11 heteroatoms. The second kappa shape index (κ2) is 9.12. The van der Waals surface area contributed by atoms with E-state index in [9.17, 15) is 23.3 Å². The van der Waals surface area contributed by atoms with Gasteiger partial charge in [0, 0.05) is 27.7 Å². The molecule has 0 spiro atoms. The van der Waals surface area contributed by atoms with Crippen LogP contribution in [0.1, 0.15) is 39.2 Å². The van der Waals surface area contributed by atoms with Crippen LogP contribution in [0, 0.1) is 17.0 Å². The van der Waals surface area contributed by atoms with Crippen LogP contribution < -0.4 is 10.0 Å². The van der Waals surface area contributed by atoms with Crippen LogP contribution in [0.5, 0.6) is 0 Å². The smallest absolute Gasteiger partial charge is 0.270 e. The highest BCUT2D eigenvalue weighted by atomic mass is 35.5. The van der Waals surface area contributed by atoms with Crippen LogP contribution >= 0.6 is 22.9 Å². The minimum absolute atomic E-state index is 0.202. The Bertz CT molecular complexity index is 1350. The van der Waals surface area contributed by atoms with Gasteiger partial charge >= 0.3 is 0 Å². The summed E-state index contributed by atoms with van der Waals surface area (Å²) in [5.41, 5.74) is 1.69. The number of nitrogens with one attached hydrogen (secondary N) is 2. The Morgan fingerprint density at radius 1 is 1.12 bits per heavy atom. The van der Waals surface area contributed by atoms with E-state index < -0.39 is 20.9 Å². The summed E-state index contributed by atoms with van der Waals surface area (Å²) in [6.45, 7) is 1.56. The van der Waals surface area contributed by atoms with E-state index in [1.165, 1.54) is 23.5 Å². The van der Waals surface area contributed by atoms with Crippen LogP contribution in [0.15, 0.2) is 47.4 Å². The fraction of sp³-hybridized carbons (Fsp3) is 0.227. The van der Waals surface area contributed by atoms with Crippen molar-refractivity contribution in [2.24, 2.45) is 0 Å². The summed E-state index contributed by atoms with van der Waals surface area (Å²) in [5.74, 6) is -0.426. The lowest BCUT2D eigenvalue weighted by Gasteiger charge is -2.14. The topological polar surface area (TPSA) is 118 Å². The number of carbonyl (C=O) groups is 1. The van der Waals surface area contributed by atoms with Gasteiger partial charge in [-0.15, -0.1) is 11.3 Å². The van der Waals surface area contributed by atoms with Gasteiger partial charge in [0.1, 0.15) is 5.00 Å². The summed E-state index contributed by atoms with van der Waals surface area (Å²) in [6.07, 6.45) is 3.30. The minimum Gasteiger partial charge on any atom is -0.322 e. The molecule has 8 nitrogen and oxygen atoms in total. The van der Waals surface area contributed by atoms with E-state index in [4.69, 9.17) is 11.6 Å². The Hall–Kier alpha value is -2.95. The van der Waals surface area contributed by atoms with E-state index in [2.05, 4.69) is 10.0 Å². The van der Waals surface area contributed by atoms with Gasteiger partial charge in [-0.2, -0.15) is 0 Å². The number of benzene rings is 2. The molecule has 1 aliphatic rings. The van der Waals surface area contributed by atoms with Gasteiger partial charge in [-0.3, -0.25) is 19.6 Å². The maximum Gasteiger partial charge on any atom is 0.270 e. The largest absolute Gasteiger partial charge is 0.322 e. The van der Waals surface area contributed by atoms with Gasteiger partial charge < -0.3 is 5.32 Å². The summed E-state index contributed by atoms with van der Waals surface area (Å²) in [5, 5.41) is 14.7. The lowest BCUT2D eigenvalue weighted by atomic mass is 9.95. The van der Waals surface area contributed by atoms with Gasteiger partial charge in [-0.1, -0.05) is 17.7 Å². The summed E-state index contributed by atoms with van der Waals surface area (Å²) in [6, 6.07) is 10.3. The number of non-ortho nitro benzene ring substituents is 1. The number of hydrogen-bond acceptors (Lipinski definition) is 6. The molecule has 4 rings (SSSR count). The normalized spacial score (nSPS) is 13.3. The highest BCUT2D eigenvalue weighted by Crippen LogP contribution is 2.40. The summed E-state index contributed by atoms with van der Waals surface area (Å²) < 4.78 is 28.9. The Kier molecular flexibility index (Phi) is 6.42. The molecule has 2 aromatic carbocycles. The molecular weight excluding hydrogens is 486 g/mol. The number of aryl methyl sites for hydroxylation is 2. The SMILES string of the molecule is Cc1ccc([N+](=O)[O-])cc1S(=O)(=O)Nc1sc2c(c1C(=O)Nc1ccc(Cl)cc1)CCCC2. The van der Waals surface area contributed by atoms with Crippen molar-refractivity contribution in [2.75, 3.05) is 10.0 Å². The Balaban J connectivity index is 1.73. The van der Waals surface area contributed by atoms with E-state index in [0.717, 1.165) is 35.8 Å². The standard InChI is InChI=1S/C22H20ClN3O5S2/c1-13-6-11-16(26(28)29)12-19(13)33(30,31)25-22-20(17-4-2-3-5-18(17)32-22)21(27)24-15-9-7-14(23)8-10-15/h6-12,25H,2-5H2,1H3,(H,24,27). The van der Waals surface area contributed by atoms with Crippen LogP contribution in [0.25, 0.3) is 0 Å². The van der Waals surface area contributed by atoms with Crippen molar-refractivity contribution in [3.8, 4) is 0 Å². The summed E-state index contributed by atoms with van der Waals surface area (Å²) in [4.78, 5) is 24.5. The predicted octanol–water partition coefficient (Wildman–Crippen LogP) is 5.55. The molecule has 0 atom stereocenters. The number of rotatable bonds is 6. The first-order valence-corrected chi connectivity index (χ1v) is 12.8. The van der Waals surface area contributed by atoms with Crippen molar-refractivity contribution in [2.45, 2.75) is 37.5 Å². The number of anilines is 2. The molecule has 3 aromatic rings. The van der Waals surface area contributed by atoms with Crippen LogP contribution in [-0.2, 0) is 22.9 Å². The van der Waals surface area contributed by atoms with E-state index in [1.54, 1.807) is 31.2 Å². The lowest BCUT2D eigenvalue weighted by Crippen LogP contribution is -2.19. The zero-order valence-corrected chi connectivity index (χ0v) is 19.9. The molecule has 172 valence electrons. The van der Waals surface area contributed by atoms with Crippen molar-refractivity contribution >= 4 is 55.2 Å². The molecule has 1 aromatic heterocycles. The van der Waals surface area contributed by atoms with Gasteiger partial charge in [0.2, 0.25) is 0 Å². The third-order valence-electron chi connectivity index (χ3n) is 5.40. The van der Waals surface area contributed by atoms with Crippen LogP contribution in [-0.4, -0.2) is 19.2 Å². The van der Waals surface area contributed by atoms with E-state index in [-0.39, 0.29) is 21.1 Å². The average molecular weight is 506 g/mol. The Labute approximate surface area is 199 Å². The quantitative estimate of drug-likeness (QED) is 0.336. The van der Waals surface area contributed by atoms with Gasteiger partial charge in [0.05, 0.1) is 15.4 Å². The van der Waals surface area contributed by atoms with Gasteiger partial charge in [-0.05, 0) is 68.0 Å². The molecule has 0 radical (unpaired) electrons. The molecule has 0 saturated heterocycles. The van der Waals surface area contributed by atoms with Crippen molar-refractivity contribution in [1.29, 1.82) is 0 Å². The van der Waals surface area contributed by atoms with Gasteiger partial charge in [0.25, 0.3) is 21.6 Å². The monoisotopic (exact) mass is 505 g/mol. The number of nitro benzene ring substituents is 1. The number of amides is 1. The zero-order valence-electron chi connectivity index (χ0n) is 17.6. The minimum atomic E-state index is -4.18. The Morgan fingerprint density at radius 2 is 1.82 bits per heavy atom. The van der Waals surface area contributed by atoms with Crippen molar-refractivity contribution in [3.63, 3.8) is 0 Å². The predicted molar refractivity (Wildman–Crippen MR) is 129 cm³/mol. The number of carbonyl (C=O) groups excluding carboxylic acids is 1. The molecule has 33 heavy (non-hydrogen) atoms. The number of sulfonamides is 1. The highest BCUT2D eigenvalue weighted by Gasteiger charge is 2.29. The van der Waals surface area contributed by atoms with Crippen LogP contribution in [0.4, 0.5) is 16.4 Å². The molecule has 2 N–H and O–H groups in total. The number of fused-ring (bicyclic) bond motifs is 1. The number of hydrogen-bond donors (Lipinski definition) is 2. The zero-order chi connectivity index (χ0) is 23.8. The highest BCUT2D eigenvalue weighted by molar-refractivity contribution is 7.93. The number of halogens is 1. The second-order valence-electron chi connectivity index (χ2n) is 7.69. The van der Waals surface area contributed by atoms with E-state index in [0.29, 0.717) is 22.7 Å². The first kappa shape index (κ1) is 23.2. The molecule has 0 saturated carbocycles. The average Bonchev–Trinajstić information content (AvgIpc) is 3.12. The molecular formula is C22H20ClN3O5S2. The fourth-order valence-corrected chi connectivity index (χ4v) is 6.76. The molecule has 0 fully saturated rings. The van der Waals surface area contributed by atoms with Gasteiger partial charge in [-0.25, -0.2) is 8.42 Å². The molecule has 0 unspecified atom stereocenters. The van der Waals surface area contributed by atoms with Crippen LogP contribution in [0.2, 0.25) is 5.02 Å². The van der Waals surface area contributed by atoms with Crippen LogP contribution in [0.3, 0.4) is 0 Å². The number of nitrogens with zero attached hydrogens (tertiary/aromatic N) is 1. The maximum absolute atomic E-state index is 13.2. The maximum atomic E-state index is 13.2. The first-order chi connectivity index (χ1) is 15.7. The first-order valence-electron chi connectivity index (χ1n) is 10.1. The summed E-state index contributed by atoms with van der Waals surface area (Å²) in [7, 11) is -4.18. The molecule has 1 aliphatic carbocycles. The van der Waals surface area contributed by atoms with Crippen molar-refractivity contribution in [3.05, 3.63) is 79.2 Å². The van der Waals surface area contributed by atoms with Crippen molar-refractivity contribution < 1.29 is 18.1 Å². The molecule has 0 aliphatic heterocycles. The fourth-order valence-electron chi connectivity index (χ4n) is 3.77. The van der Waals surface area contributed by atoms with Gasteiger partial charge in [0.15, 0.2) is 0 Å².